The molecule has 4 aromatic heterocycles. The number of pyridine rings is 1. The number of amides is 2. The van der Waals surface area contributed by atoms with Gasteiger partial charge in [0.15, 0.2) is 11.6 Å². The van der Waals surface area contributed by atoms with Gasteiger partial charge in [0.25, 0.3) is 5.88 Å². The summed E-state index contributed by atoms with van der Waals surface area (Å²) in [6.07, 6.45) is 5.57. The van der Waals surface area contributed by atoms with Gasteiger partial charge >= 0.3 is 0 Å². The van der Waals surface area contributed by atoms with Crippen LogP contribution in [0.3, 0.4) is 0 Å². The van der Waals surface area contributed by atoms with Crippen LogP contribution in [-0.4, -0.2) is 157 Å². The van der Waals surface area contributed by atoms with E-state index in [2.05, 4.69) is 62.4 Å². The largest absolute Gasteiger partial charge is 0.507 e. The fourth-order valence-corrected chi connectivity index (χ4v) is 13.2. The van der Waals surface area contributed by atoms with Crippen LogP contribution in [0.25, 0.3) is 21.7 Å². The Morgan fingerprint density at radius 1 is 0.855 bits per heavy atom. The molecule has 9 heterocycles. The molecule has 5 fully saturated rings. The minimum Gasteiger partial charge on any atom is -0.507 e. The van der Waals surface area contributed by atoms with Crippen molar-refractivity contribution in [3.8, 4) is 39.2 Å². The number of aryl methyl sites for hydroxylation is 1. The summed E-state index contributed by atoms with van der Waals surface area (Å²) >= 11 is 1.59. The second-order valence-corrected chi connectivity index (χ2v) is 22.3. The second kappa shape index (κ2) is 22.0. The van der Waals surface area contributed by atoms with Crippen LogP contribution in [0.15, 0.2) is 89.0 Å². The Kier molecular flexibility index (Phi) is 14.8. The zero-order chi connectivity index (χ0) is 52.6. The number of piperazine rings is 2. The maximum absolute atomic E-state index is 14.3. The molecule has 20 heteroatoms. The SMILES string of the molecule is Cc1ncsc1-c1ccc([C@H](C)NC(=O)[C@@H]2C[C@@H](O)CN2C(=O)[C@@H](c2cc(OCCN3CC4CCC(C3)N4CCOc3cc(N4C5CCC4CN(c4cc(-c6ccccc6O)nnc4N)C5)ccn3)no2)C(C)C)cc1. The summed E-state index contributed by atoms with van der Waals surface area (Å²) in [7, 11) is 0. The number of aliphatic hydroxyl groups is 1. The van der Waals surface area contributed by atoms with E-state index in [1.807, 2.05) is 81.9 Å². The lowest BCUT2D eigenvalue weighted by Gasteiger charge is -2.43. The Bertz CT molecular complexity index is 2980. The Morgan fingerprint density at radius 2 is 1.58 bits per heavy atom. The monoisotopic (exact) mass is 1050 g/mol. The molecule has 19 nitrogen and oxygen atoms in total. The van der Waals surface area contributed by atoms with Crippen LogP contribution in [0.5, 0.6) is 17.5 Å². The van der Waals surface area contributed by atoms with Gasteiger partial charge in [-0.05, 0) is 86.0 Å². The maximum atomic E-state index is 14.3. The molecule has 0 spiro atoms. The third kappa shape index (κ3) is 10.6. The third-order valence-electron chi connectivity index (χ3n) is 16.2. The topological polar surface area (TPSA) is 225 Å². The zero-order valence-corrected chi connectivity index (χ0v) is 44.4. The Balaban J connectivity index is 0.636. The number of anilines is 3. The lowest BCUT2D eigenvalue weighted by molar-refractivity contribution is -0.141. The number of para-hydroxylation sites is 1. The number of ether oxygens (including phenoxy) is 2. The van der Waals surface area contributed by atoms with E-state index in [0.29, 0.717) is 59.9 Å². The zero-order valence-electron chi connectivity index (χ0n) is 43.6. The van der Waals surface area contributed by atoms with E-state index in [-0.39, 0.29) is 54.6 Å². The highest BCUT2D eigenvalue weighted by molar-refractivity contribution is 7.13. The molecule has 76 heavy (non-hydrogen) atoms. The van der Waals surface area contributed by atoms with E-state index < -0.39 is 18.1 Å². The molecule has 5 aliphatic rings. The first-order valence-corrected chi connectivity index (χ1v) is 27.6. The molecule has 5 aliphatic heterocycles. The lowest BCUT2D eigenvalue weighted by atomic mass is 9.91. The molecule has 400 valence electrons. The number of fused-ring (bicyclic) bond motifs is 4. The van der Waals surface area contributed by atoms with Crippen molar-refractivity contribution in [1.82, 2.24) is 45.3 Å². The first-order valence-electron chi connectivity index (χ1n) is 26.8. The van der Waals surface area contributed by atoms with E-state index in [9.17, 15) is 19.8 Å². The van der Waals surface area contributed by atoms with Crippen LogP contribution in [0.4, 0.5) is 17.2 Å². The van der Waals surface area contributed by atoms with Gasteiger partial charge in [-0.25, -0.2) is 9.97 Å². The smallest absolute Gasteiger partial charge is 0.254 e. The summed E-state index contributed by atoms with van der Waals surface area (Å²) in [4.78, 5) is 49.5. The number of hydrogen-bond acceptors (Lipinski definition) is 18. The van der Waals surface area contributed by atoms with Gasteiger partial charge < -0.3 is 50.0 Å². The molecule has 6 aromatic rings. The quantitative estimate of drug-likeness (QED) is 0.0742. The van der Waals surface area contributed by atoms with E-state index in [1.165, 1.54) is 4.90 Å². The number of phenols is 1. The normalized spacial score (nSPS) is 23.3. The van der Waals surface area contributed by atoms with Crippen molar-refractivity contribution < 1.29 is 33.8 Å². The van der Waals surface area contributed by atoms with Gasteiger partial charge in [-0.1, -0.05) is 50.2 Å². The van der Waals surface area contributed by atoms with E-state index in [0.717, 1.165) is 98.0 Å². The summed E-state index contributed by atoms with van der Waals surface area (Å²) < 4.78 is 18.3. The number of thiazole rings is 1. The number of nitrogens with one attached hydrogen (secondary N) is 1. The molecule has 4 bridgehead atoms. The van der Waals surface area contributed by atoms with Crippen LogP contribution < -0.4 is 30.3 Å². The van der Waals surface area contributed by atoms with Crippen molar-refractivity contribution in [3.05, 3.63) is 102 Å². The van der Waals surface area contributed by atoms with Crippen LogP contribution in [0.2, 0.25) is 0 Å². The fourth-order valence-electron chi connectivity index (χ4n) is 12.4. The first-order chi connectivity index (χ1) is 36.8. The first kappa shape index (κ1) is 51.2. The fraction of sp³-hybridized carbons (Fsp3) is 0.482. The number of benzene rings is 2. The molecule has 5 N–H and O–H groups in total. The second-order valence-electron chi connectivity index (χ2n) is 21.5. The predicted molar refractivity (Wildman–Crippen MR) is 289 cm³/mol. The summed E-state index contributed by atoms with van der Waals surface area (Å²) in [5.41, 5.74) is 14.4. The van der Waals surface area contributed by atoms with Gasteiger partial charge in [0.2, 0.25) is 17.7 Å². The third-order valence-corrected chi connectivity index (χ3v) is 17.2. The number of aliphatic hydroxyl groups excluding tert-OH is 1. The van der Waals surface area contributed by atoms with Crippen molar-refractivity contribution in [2.24, 2.45) is 5.92 Å². The predicted octanol–water partition coefficient (Wildman–Crippen LogP) is 6.29. The summed E-state index contributed by atoms with van der Waals surface area (Å²) in [6.45, 7) is 13.8. The Hall–Kier alpha value is -6.87. The van der Waals surface area contributed by atoms with Gasteiger partial charge in [0.05, 0.1) is 39.6 Å². The van der Waals surface area contributed by atoms with Crippen molar-refractivity contribution in [2.75, 3.05) is 74.6 Å². The average Bonchev–Trinajstić information content (AvgIpc) is 4.26. The number of phenolic OH excluding ortho intramolecular Hbond substituents is 1. The van der Waals surface area contributed by atoms with Crippen molar-refractivity contribution in [2.45, 2.75) is 108 Å². The van der Waals surface area contributed by atoms with Crippen LogP contribution in [0, 0.1) is 12.8 Å². The molecular formula is C56H68N12O7S. The summed E-state index contributed by atoms with van der Waals surface area (Å²) in [5, 5.41) is 37.1. The molecule has 0 radical (unpaired) electrons. The molecule has 0 saturated carbocycles. The standard InChI is InChI=1S/C56H68N12O7S/c1-33(2)52(56(72)67-31-43(69)24-47(67)55(71)60-34(3)36-9-11-37(12-10-36)53-35(4)59-32-76-53)49-26-51(63-75-49)74-21-19-64-27-39-13-14-40(28-64)66(39)20-22-73-50-23-38(17-18-58-50)68-41-15-16-42(68)30-65(29-41)46-25-45(61-62-54(46)57)44-7-5-6-8-48(44)70/h5-12,17-18,23,25-26,32-34,39-43,47,52,69-70H,13-16,19-22,24,27-31H2,1-4H3,(H2,57,62)(H,60,71)/t34-,39?,40?,41?,42?,43+,47-,52+/m0/s1. The Morgan fingerprint density at radius 3 is 2.30 bits per heavy atom. The van der Waals surface area contributed by atoms with Gasteiger partial charge in [-0.15, -0.1) is 21.5 Å². The van der Waals surface area contributed by atoms with E-state index in [4.69, 9.17) is 19.7 Å². The Labute approximate surface area is 447 Å². The number of nitrogen functional groups attached to an aromatic ring is 1. The number of nitrogens with zero attached hydrogens (tertiary/aromatic N) is 10. The minimum absolute atomic E-state index is 0.0539. The highest BCUT2D eigenvalue weighted by Crippen LogP contribution is 2.40. The van der Waals surface area contributed by atoms with Gasteiger partial charge in [-0.3, -0.25) is 19.4 Å². The van der Waals surface area contributed by atoms with Crippen molar-refractivity contribution >= 4 is 40.3 Å². The number of hydrogen-bond donors (Lipinski definition) is 4. The number of carbonyl (C=O) groups excluding carboxylic acids is 2. The van der Waals surface area contributed by atoms with Gasteiger partial charge in [-0.2, -0.15) is 0 Å². The van der Waals surface area contributed by atoms with Crippen molar-refractivity contribution in [1.29, 1.82) is 0 Å². The number of carbonyl (C=O) groups is 2. The number of aromatic nitrogens is 5. The molecule has 11 rings (SSSR count). The highest BCUT2D eigenvalue weighted by Gasteiger charge is 2.45. The maximum Gasteiger partial charge on any atom is 0.254 e. The molecule has 0 aliphatic carbocycles. The number of likely N-dealkylation sites (tertiary alicyclic amines) is 2. The molecule has 4 unspecified atom stereocenters. The van der Waals surface area contributed by atoms with Crippen LogP contribution in [0.1, 0.15) is 81.9 Å². The summed E-state index contributed by atoms with van der Waals surface area (Å²) in [5.74, 6) is 0.350. The van der Waals surface area contributed by atoms with Crippen LogP contribution >= 0.6 is 11.3 Å². The van der Waals surface area contributed by atoms with Crippen molar-refractivity contribution in [3.63, 3.8) is 0 Å². The number of aromatic hydroxyl groups is 1. The minimum atomic E-state index is -0.830. The van der Waals surface area contributed by atoms with E-state index >= 15 is 0 Å². The molecule has 8 atom stereocenters. The highest BCUT2D eigenvalue weighted by atomic mass is 32.1. The summed E-state index contributed by atoms with van der Waals surface area (Å²) in [6, 6.07) is 23.3. The molecule has 2 aromatic carbocycles. The number of β-amino-alcohol motifs (C(OH)–C–C–N with tert-alkyl or cyclic N) is 1. The number of nitrogens with two attached hydrogens (primary N) is 1. The molecule has 5 saturated heterocycles. The van der Waals surface area contributed by atoms with Gasteiger partial charge in [0.1, 0.15) is 30.9 Å². The van der Waals surface area contributed by atoms with E-state index in [1.54, 1.807) is 29.5 Å². The lowest BCUT2D eigenvalue weighted by Crippen LogP contribution is -2.55. The average molecular weight is 1050 g/mol. The van der Waals surface area contributed by atoms with Gasteiger partial charge in [0, 0.05) is 106 Å². The van der Waals surface area contributed by atoms with Crippen LogP contribution in [-0.2, 0) is 9.59 Å². The molecule has 2 amide bonds. The molecular weight excluding hydrogens is 985 g/mol. The number of rotatable bonds is 18.